The van der Waals surface area contributed by atoms with Gasteiger partial charge in [0, 0.05) is 6.07 Å². The predicted molar refractivity (Wildman–Crippen MR) is 90.9 cm³/mol. The molecule has 130 valence electrons. The average Bonchev–Trinajstić information content (AvgIpc) is 2.46. The van der Waals surface area contributed by atoms with Crippen molar-refractivity contribution in [2.24, 2.45) is 0 Å². The molecule has 0 aliphatic carbocycles. The summed E-state index contributed by atoms with van der Waals surface area (Å²) in [4.78, 5) is 34.9. The highest BCUT2D eigenvalue weighted by molar-refractivity contribution is 5.84. The zero-order valence-electron chi connectivity index (χ0n) is 14.1. The van der Waals surface area contributed by atoms with Crippen LogP contribution in [-0.2, 0) is 0 Å². The minimum Gasteiger partial charge on any atom is -0.507 e. The number of phenols is 1. The second kappa shape index (κ2) is 8.14. The molecular formula is C17H22N2O5. The highest BCUT2D eigenvalue weighted by Crippen LogP contribution is 2.32. The first kappa shape index (κ1) is 19.2. The molecule has 0 aliphatic heterocycles. The average molecular weight is 334 g/mol. The van der Waals surface area contributed by atoms with Gasteiger partial charge in [0.2, 0.25) is 0 Å². The zero-order chi connectivity index (χ0) is 18.4. The number of aromatic carboxylic acids is 1. The Labute approximate surface area is 139 Å². The van der Waals surface area contributed by atoms with Crippen LogP contribution in [0.4, 0.5) is 0 Å². The summed E-state index contributed by atoms with van der Waals surface area (Å²) in [5.41, 5.74) is 0.122. The van der Waals surface area contributed by atoms with Gasteiger partial charge < -0.3 is 15.2 Å². The molecule has 1 aromatic carbocycles. The number of nitrogens with one attached hydrogen (secondary N) is 2. The standard InChI is InChI=1S/C12H18O.C5H4N2O4/c1-8(2)10-6-5-7-11(9(3)4)12(10)13;8-3-1-2(4(9)10)6-5(11)7-3/h5-9,13H,1-4H3;1H,(H,9,10)(H2,6,7,8,11). The van der Waals surface area contributed by atoms with E-state index in [2.05, 4.69) is 27.7 Å². The number of aromatic amines is 2. The van der Waals surface area contributed by atoms with Crippen LogP contribution in [0.5, 0.6) is 5.75 Å². The number of aromatic hydroxyl groups is 1. The van der Waals surface area contributed by atoms with E-state index in [1.165, 1.54) is 0 Å². The summed E-state index contributed by atoms with van der Waals surface area (Å²) in [5, 5.41) is 18.2. The fourth-order valence-corrected chi connectivity index (χ4v) is 2.10. The maximum Gasteiger partial charge on any atom is 0.352 e. The van der Waals surface area contributed by atoms with E-state index in [4.69, 9.17) is 5.11 Å². The summed E-state index contributed by atoms with van der Waals surface area (Å²) >= 11 is 0. The van der Waals surface area contributed by atoms with Crippen LogP contribution in [0.2, 0.25) is 0 Å². The third-order valence-corrected chi connectivity index (χ3v) is 3.33. The third kappa shape index (κ3) is 5.12. The number of carboxylic acids is 1. The van der Waals surface area contributed by atoms with Gasteiger partial charge in [0.15, 0.2) is 0 Å². The first-order chi connectivity index (χ1) is 11.1. The predicted octanol–water partition coefficient (Wildman–Crippen LogP) is 2.40. The van der Waals surface area contributed by atoms with Crippen LogP contribution in [0.15, 0.2) is 33.9 Å². The first-order valence-corrected chi connectivity index (χ1v) is 7.52. The molecule has 0 spiro atoms. The van der Waals surface area contributed by atoms with E-state index in [9.17, 15) is 19.5 Å². The Balaban J connectivity index is 0.000000243. The number of hydrogen-bond donors (Lipinski definition) is 4. The molecule has 0 fully saturated rings. The van der Waals surface area contributed by atoms with Gasteiger partial charge >= 0.3 is 11.7 Å². The van der Waals surface area contributed by atoms with Gasteiger partial charge in [-0.15, -0.1) is 0 Å². The second-order valence-corrected chi connectivity index (χ2v) is 5.90. The van der Waals surface area contributed by atoms with Crippen LogP contribution < -0.4 is 11.2 Å². The maximum atomic E-state index is 10.5. The van der Waals surface area contributed by atoms with E-state index >= 15 is 0 Å². The Morgan fingerprint density at radius 2 is 1.50 bits per heavy atom. The van der Waals surface area contributed by atoms with Gasteiger partial charge in [-0.2, -0.15) is 0 Å². The molecule has 7 nitrogen and oxygen atoms in total. The molecular weight excluding hydrogens is 312 g/mol. The number of rotatable bonds is 3. The van der Waals surface area contributed by atoms with Gasteiger partial charge in [0.05, 0.1) is 0 Å². The van der Waals surface area contributed by atoms with Crippen LogP contribution in [0.3, 0.4) is 0 Å². The van der Waals surface area contributed by atoms with Crippen molar-refractivity contribution < 1.29 is 15.0 Å². The Kier molecular flexibility index (Phi) is 6.52. The molecule has 0 saturated carbocycles. The highest BCUT2D eigenvalue weighted by atomic mass is 16.4. The fourth-order valence-electron chi connectivity index (χ4n) is 2.10. The smallest absolute Gasteiger partial charge is 0.352 e. The molecule has 4 N–H and O–H groups in total. The lowest BCUT2D eigenvalue weighted by molar-refractivity contribution is 0.0689. The number of hydrogen-bond acceptors (Lipinski definition) is 4. The van der Waals surface area contributed by atoms with Crippen LogP contribution in [0.25, 0.3) is 0 Å². The maximum absolute atomic E-state index is 10.5. The van der Waals surface area contributed by atoms with Crippen molar-refractivity contribution in [3.8, 4) is 5.75 Å². The van der Waals surface area contributed by atoms with Crippen molar-refractivity contribution in [2.45, 2.75) is 39.5 Å². The van der Waals surface area contributed by atoms with Crippen LogP contribution >= 0.6 is 0 Å². The van der Waals surface area contributed by atoms with Gasteiger partial charge in [-0.1, -0.05) is 45.9 Å². The minimum absolute atomic E-state index is 0.388. The highest BCUT2D eigenvalue weighted by Gasteiger charge is 2.11. The van der Waals surface area contributed by atoms with Crippen LogP contribution in [-0.4, -0.2) is 26.2 Å². The van der Waals surface area contributed by atoms with E-state index < -0.39 is 22.9 Å². The lowest BCUT2D eigenvalue weighted by Gasteiger charge is -2.14. The van der Waals surface area contributed by atoms with Crippen molar-refractivity contribution in [1.29, 1.82) is 0 Å². The van der Waals surface area contributed by atoms with Crippen molar-refractivity contribution in [2.75, 3.05) is 0 Å². The Bertz CT molecular complexity index is 764. The van der Waals surface area contributed by atoms with Crippen LogP contribution in [0.1, 0.15) is 61.1 Å². The van der Waals surface area contributed by atoms with Gasteiger partial charge in [0.1, 0.15) is 11.4 Å². The van der Waals surface area contributed by atoms with Crippen molar-refractivity contribution in [3.05, 3.63) is 61.9 Å². The van der Waals surface area contributed by atoms with Crippen molar-refractivity contribution in [3.63, 3.8) is 0 Å². The molecule has 2 aromatic rings. The SMILES string of the molecule is CC(C)c1cccc(C(C)C)c1O.O=C(O)c1cc(=O)[nH]c(=O)[nH]1. The van der Waals surface area contributed by atoms with Gasteiger partial charge in [-0.25, -0.2) is 9.59 Å². The number of carbonyl (C=O) groups is 1. The van der Waals surface area contributed by atoms with Crippen molar-refractivity contribution in [1.82, 2.24) is 9.97 Å². The van der Waals surface area contributed by atoms with E-state index in [1.54, 1.807) is 0 Å². The molecule has 0 saturated heterocycles. The Hall–Kier alpha value is -2.83. The second-order valence-electron chi connectivity index (χ2n) is 5.90. The van der Waals surface area contributed by atoms with Crippen molar-refractivity contribution >= 4 is 5.97 Å². The topological polar surface area (TPSA) is 123 Å². The first-order valence-electron chi connectivity index (χ1n) is 7.52. The Morgan fingerprint density at radius 3 is 1.88 bits per heavy atom. The molecule has 0 radical (unpaired) electrons. The third-order valence-electron chi connectivity index (χ3n) is 3.33. The quantitative estimate of drug-likeness (QED) is 0.686. The zero-order valence-corrected chi connectivity index (χ0v) is 14.1. The minimum atomic E-state index is -1.34. The van der Waals surface area contributed by atoms with E-state index in [1.807, 2.05) is 28.2 Å². The number of para-hydroxylation sites is 1. The number of phenolic OH excluding ortho intramolecular Hbond substituents is 1. The fraction of sp³-hybridized carbons (Fsp3) is 0.353. The largest absolute Gasteiger partial charge is 0.507 e. The van der Waals surface area contributed by atoms with E-state index in [-0.39, 0.29) is 0 Å². The molecule has 0 aliphatic rings. The summed E-state index contributed by atoms with van der Waals surface area (Å²) in [7, 11) is 0. The molecule has 1 aromatic heterocycles. The molecule has 0 atom stereocenters. The number of H-pyrrole nitrogens is 2. The van der Waals surface area contributed by atoms with Gasteiger partial charge in [-0.05, 0) is 23.0 Å². The molecule has 2 rings (SSSR count). The Morgan fingerprint density at radius 1 is 1.00 bits per heavy atom. The number of aromatic nitrogens is 2. The number of benzene rings is 1. The molecule has 0 bridgehead atoms. The summed E-state index contributed by atoms with van der Waals surface area (Å²) in [6.07, 6.45) is 0. The molecule has 0 unspecified atom stereocenters. The number of carboxylic acid groups (broad SMARTS) is 1. The molecule has 7 heteroatoms. The van der Waals surface area contributed by atoms with Crippen LogP contribution in [0, 0.1) is 0 Å². The lowest BCUT2D eigenvalue weighted by atomic mass is 9.94. The normalized spacial score (nSPS) is 10.4. The molecule has 24 heavy (non-hydrogen) atoms. The summed E-state index contributed by atoms with van der Waals surface area (Å²) in [6.45, 7) is 8.39. The van der Waals surface area contributed by atoms with Gasteiger partial charge in [0.25, 0.3) is 5.56 Å². The summed E-state index contributed by atoms with van der Waals surface area (Å²) in [5.74, 6) is -0.0851. The summed E-state index contributed by atoms with van der Waals surface area (Å²) < 4.78 is 0. The summed E-state index contributed by atoms with van der Waals surface area (Å²) in [6, 6.07) is 6.80. The van der Waals surface area contributed by atoms with E-state index in [0.29, 0.717) is 17.6 Å². The van der Waals surface area contributed by atoms with Gasteiger partial charge in [-0.3, -0.25) is 9.78 Å². The lowest BCUT2D eigenvalue weighted by Crippen LogP contribution is -2.24. The molecule has 1 heterocycles. The molecule has 0 amide bonds. The monoisotopic (exact) mass is 334 g/mol. The van der Waals surface area contributed by atoms with E-state index in [0.717, 1.165) is 17.2 Å².